The highest BCUT2D eigenvalue weighted by atomic mass is 16.2. The van der Waals surface area contributed by atoms with Crippen molar-refractivity contribution in [1.82, 2.24) is 10.2 Å². The maximum absolute atomic E-state index is 13.0. The van der Waals surface area contributed by atoms with E-state index in [0.29, 0.717) is 6.42 Å². The minimum absolute atomic E-state index is 0.138. The topological polar surface area (TPSA) is 66.5 Å². The molecule has 5 nitrogen and oxygen atoms in total. The van der Waals surface area contributed by atoms with Crippen LogP contribution in [0.1, 0.15) is 46.1 Å². The third kappa shape index (κ3) is 3.14. The molecule has 1 saturated heterocycles. The van der Waals surface area contributed by atoms with Gasteiger partial charge in [0.15, 0.2) is 5.78 Å². The summed E-state index contributed by atoms with van der Waals surface area (Å²) in [6.45, 7) is 7.12. The normalized spacial score (nSPS) is 21.5. The summed E-state index contributed by atoms with van der Waals surface area (Å²) in [5.41, 5.74) is -0.903. The van der Waals surface area contributed by atoms with Gasteiger partial charge < -0.3 is 5.32 Å². The fourth-order valence-electron chi connectivity index (χ4n) is 2.76. The van der Waals surface area contributed by atoms with Gasteiger partial charge in [-0.2, -0.15) is 0 Å². The number of nitrogens with zero attached hydrogens (tertiary/aromatic N) is 1. The largest absolute Gasteiger partial charge is 0.325 e. The van der Waals surface area contributed by atoms with E-state index in [9.17, 15) is 14.4 Å². The van der Waals surface area contributed by atoms with Crippen LogP contribution in [0.15, 0.2) is 30.3 Å². The first-order valence-electron chi connectivity index (χ1n) is 7.95. The molecule has 0 aliphatic carbocycles. The van der Waals surface area contributed by atoms with Gasteiger partial charge in [0.05, 0.1) is 6.54 Å². The summed E-state index contributed by atoms with van der Waals surface area (Å²) in [4.78, 5) is 38.6. The molecule has 0 spiro atoms. The highest BCUT2D eigenvalue weighted by Gasteiger charge is 2.52. The Labute approximate surface area is 137 Å². The van der Waals surface area contributed by atoms with Crippen molar-refractivity contribution in [3.8, 4) is 0 Å². The monoisotopic (exact) mass is 316 g/mol. The van der Waals surface area contributed by atoms with Crippen LogP contribution in [0.5, 0.6) is 0 Å². The molecule has 1 aliphatic rings. The van der Waals surface area contributed by atoms with Gasteiger partial charge >= 0.3 is 6.03 Å². The Bertz CT molecular complexity index is 619. The number of Topliss-reactive ketones (excluding diaryl/α,β-unsaturated/α-hetero) is 1. The molecule has 0 unspecified atom stereocenters. The maximum atomic E-state index is 13.0. The second-order valence-corrected chi connectivity index (χ2v) is 7.02. The molecule has 0 saturated carbocycles. The Kier molecular flexibility index (Phi) is 4.59. The standard InChI is InChI=1S/C18H24N2O3/c1-5-11-18(13-9-7-6-8-10-13)15(22)20(16(23)19-18)12-14(21)17(2,3)4/h6-10H,5,11-12H2,1-4H3,(H,19,23)/t18-/m1/s1. The number of benzene rings is 1. The van der Waals surface area contributed by atoms with E-state index in [1.165, 1.54) is 0 Å². The van der Waals surface area contributed by atoms with Gasteiger partial charge in [0.25, 0.3) is 5.91 Å². The first-order chi connectivity index (χ1) is 10.7. The van der Waals surface area contributed by atoms with Gasteiger partial charge in [-0.25, -0.2) is 4.79 Å². The summed E-state index contributed by atoms with van der Waals surface area (Å²) in [7, 11) is 0. The Balaban J connectivity index is 2.36. The Hall–Kier alpha value is -2.17. The quantitative estimate of drug-likeness (QED) is 0.849. The molecule has 0 bridgehead atoms. The molecule has 0 aromatic heterocycles. The van der Waals surface area contributed by atoms with Crippen molar-refractivity contribution in [2.75, 3.05) is 6.54 Å². The van der Waals surface area contributed by atoms with E-state index in [0.717, 1.165) is 16.9 Å². The Morgan fingerprint density at radius 3 is 2.30 bits per heavy atom. The van der Waals surface area contributed by atoms with E-state index in [1.807, 2.05) is 37.3 Å². The summed E-state index contributed by atoms with van der Waals surface area (Å²) in [5, 5.41) is 2.83. The number of carbonyl (C=O) groups is 3. The molecular weight excluding hydrogens is 292 g/mol. The molecule has 3 amide bonds. The number of amides is 3. The van der Waals surface area contributed by atoms with Crippen LogP contribution in [0.3, 0.4) is 0 Å². The molecule has 1 heterocycles. The summed E-state index contributed by atoms with van der Waals surface area (Å²) < 4.78 is 0. The van der Waals surface area contributed by atoms with E-state index in [4.69, 9.17) is 0 Å². The van der Waals surface area contributed by atoms with Gasteiger partial charge in [0, 0.05) is 5.41 Å². The molecule has 1 aromatic rings. The van der Waals surface area contributed by atoms with Crippen LogP contribution >= 0.6 is 0 Å². The minimum atomic E-state index is -1.06. The Morgan fingerprint density at radius 2 is 1.78 bits per heavy atom. The fraction of sp³-hybridized carbons (Fsp3) is 0.500. The molecule has 0 radical (unpaired) electrons. The number of ketones is 1. The average molecular weight is 316 g/mol. The summed E-state index contributed by atoms with van der Waals surface area (Å²) in [6, 6.07) is 8.73. The number of urea groups is 1. The lowest BCUT2D eigenvalue weighted by atomic mass is 9.85. The van der Waals surface area contributed by atoms with Crippen LogP contribution in [0, 0.1) is 5.41 Å². The molecule has 23 heavy (non-hydrogen) atoms. The predicted octanol–water partition coefficient (Wildman–Crippen LogP) is 2.85. The smallest absolute Gasteiger partial charge is 0.319 e. The number of carbonyl (C=O) groups excluding carboxylic acids is 3. The van der Waals surface area contributed by atoms with E-state index in [-0.39, 0.29) is 18.2 Å². The van der Waals surface area contributed by atoms with Gasteiger partial charge in [0.1, 0.15) is 5.54 Å². The summed E-state index contributed by atoms with van der Waals surface area (Å²) in [5.74, 6) is -0.477. The van der Waals surface area contributed by atoms with Gasteiger partial charge in [-0.1, -0.05) is 64.4 Å². The number of rotatable bonds is 5. The van der Waals surface area contributed by atoms with Crippen molar-refractivity contribution < 1.29 is 14.4 Å². The van der Waals surface area contributed by atoms with Crippen molar-refractivity contribution in [3.05, 3.63) is 35.9 Å². The lowest BCUT2D eigenvalue weighted by molar-refractivity contribution is -0.137. The van der Waals surface area contributed by atoms with Gasteiger partial charge in [0.2, 0.25) is 0 Å². The summed E-state index contributed by atoms with van der Waals surface area (Å²) >= 11 is 0. The average Bonchev–Trinajstić information content (AvgIpc) is 2.73. The third-order valence-electron chi connectivity index (χ3n) is 4.21. The fourth-order valence-corrected chi connectivity index (χ4v) is 2.76. The van der Waals surface area contributed by atoms with Crippen molar-refractivity contribution in [1.29, 1.82) is 0 Å². The second kappa shape index (κ2) is 6.14. The lowest BCUT2D eigenvalue weighted by Gasteiger charge is -2.27. The highest BCUT2D eigenvalue weighted by Crippen LogP contribution is 2.34. The first kappa shape index (κ1) is 17.2. The predicted molar refractivity (Wildman–Crippen MR) is 87.7 cm³/mol. The van der Waals surface area contributed by atoms with Crippen LogP contribution in [0.25, 0.3) is 0 Å². The van der Waals surface area contributed by atoms with E-state index in [1.54, 1.807) is 20.8 Å². The van der Waals surface area contributed by atoms with Crippen molar-refractivity contribution in [2.45, 2.75) is 46.1 Å². The van der Waals surface area contributed by atoms with Crippen LogP contribution in [-0.4, -0.2) is 29.2 Å². The molecule has 1 fully saturated rings. The number of hydrogen-bond acceptors (Lipinski definition) is 3. The molecule has 1 atom stereocenters. The molecule has 1 N–H and O–H groups in total. The number of hydrogen-bond donors (Lipinski definition) is 1. The van der Waals surface area contributed by atoms with E-state index >= 15 is 0 Å². The van der Waals surface area contributed by atoms with Crippen LogP contribution in [0.4, 0.5) is 4.79 Å². The highest BCUT2D eigenvalue weighted by molar-refractivity contribution is 6.09. The molecule has 5 heteroatoms. The molecule has 1 aliphatic heterocycles. The van der Waals surface area contributed by atoms with Crippen molar-refractivity contribution in [3.63, 3.8) is 0 Å². The van der Waals surface area contributed by atoms with Crippen LogP contribution in [-0.2, 0) is 15.1 Å². The van der Waals surface area contributed by atoms with Crippen molar-refractivity contribution >= 4 is 17.7 Å². The zero-order valence-corrected chi connectivity index (χ0v) is 14.2. The van der Waals surface area contributed by atoms with Crippen molar-refractivity contribution in [2.24, 2.45) is 5.41 Å². The van der Waals surface area contributed by atoms with Crippen LogP contribution < -0.4 is 5.32 Å². The van der Waals surface area contributed by atoms with Crippen LogP contribution in [0.2, 0.25) is 0 Å². The maximum Gasteiger partial charge on any atom is 0.325 e. The van der Waals surface area contributed by atoms with Gasteiger partial charge in [-0.3, -0.25) is 14.5 Å². The lowest BCUT2D eigenvalue weighted by Crippen LogP contribution is -2.45. The molecule has 124 valence electrons. The zero-order chi connectivity index (χ0) is 17.3. The van der Waals surface area contributed by atoms with E-state index < -0.39 is 17.0 Å². The van der Waals surface area contributed by atoms with Gasteiger partial charge in [-0.05, 0) is 12.0 Å². The number of imide groups is 1. The SMILES string of the molecule is CCC[C@]1(c2ccccc2)NC(=O)N(CC(=O)C(C)(C)C)C1=O. The molecular formula is C18H24N2O3. The molecule has 1 aromatic carbocycles. The van der Waals surface area contributed by atoms with Gasteiger partial charge in [-0.15, -0.1) is 0 Å². The van der Waals surface area contributed by atoms with E-state index in [2.05, 4.69) is 5.32 Å². The number of nitrogens with one attached hydrogen (secondary N) is 1. The summed E-state index contributed by atoms with van der Waals surface area (Å²) in [6.07, 6.45) is 1.24. The Morgan fingerprint density at radius 1 is 1.17 bits per heavy atom. The second-order valence-electron chi connectivity index (χ2n) is 7.02. The minimum Gasteiger partial charge on any atom is -0.319 e. The third-order valence-corrected chi connectivity index (χ3v) is 4.21. The molecule has 2 rings (SSSR count). The first-order valence-corrected chi connectivity index (χ1v) is 7.95. The zero-order valence-electron chi connectivity index (χ0n) is 14.2.